The van der Waals surface area contributed by atoms with Gasteiger partial charge in [-0.2, -0.15) is 4.31 Å². The van der Waals surface area contributed by atoms with Crippen molar-refractivity contribution in [2.45, 2.75) is 17.9 Å². The Morgan fingerprint density at radius 2 is 1.58 bits per heavy atom. The van der Waals surface area contributed by atoms with Gasteiger partial charge in [-0.15, -0.1) is 12.4 Å². The van der Waals surface area contributed by atoms with Crippen LogP contribution in [-0.4, -0.2) is 44.3 Å². The van der Waals surface area contributed by atoms with E-state index in [4.69, 9.17) is 0 Å². The molecule has 1 fully saturated rings. The van der Waals surface area contributed by atoms with Crippen LogP contribution in [0.2, 0.25) is 0 Å². The van der Waals surface area contributed by atoms with Crippen LogP contribution < -0.4 is 0 Å². The van der Waals surface area contributed by atoms with Crippen molar-refractivity contribution in [3.05, 3.63) is 65.7 Å². The minimum absolute atomic E-state index is 0. The number of likely N-dealkylation sites (N-methyl/N-ethyl adjacent to an activating group) is 1. The maximum absolute atomic E-state index is 13.1. The van der Waals surface area contributed by atoms with Gasteiger partial charge in [0.05, 0.1) is 10.9 Å². The van der Waals surface area contributed by atoms with Crippen LogP contribution in [0.25, 0.3) is 0 Å². The highest BCUT2D eigenvalue weighted by Gasteiger charge is 2.35. The number of hydrogen-bond donors (Lipinski definition) is 0. The highest BCUT2D eigenvalue weighted by molar-refractivity contribution is 7.89. The van der Waals surface area contributed by atoms with Gasteiger partial charge in [0, 0.05) is 19.6 Å². The summed E-state index contributed by atoms with van der Waals surface area (Å²) >= 11 is 0. The van der Waals surface area contributed by atoms with Gasteiger partial charge in [-0.1, -0.05) is 48.0 Å². The van der Waals surface area contributed by atoms with Crippen LogP contribution in [0.5, 0.6) is 0 Å². The highest BCUT2D eigenvalue weighted by Crippen LogP contribution is 2.30. The molecule has 1 saturated heterocycles. The summed E-state index contributed by atoms with van der Waals surface area (Å²) < 4.78 is 27.8. The van der Waals surface area contributed by atoms with Crippen LogP contribution in [0.4, 0.5) is 0 Å². The fourth-order valence-electron chi connectivity index (χ4n) is 2.98. The standard InChI is InChI=1S/C18H22N2O2S.ClH/c1-15-8-10-17(11-9-15)23(21,22)20-13-12-19(2)14-18(20)16-6-4-3-5-7-16;/h3-11,18H,12-14H2,1-2H3;1H. The second-order valence-corrected chi connectivity index (χ2v) is 8.01. The number of sulfonamides is 1. The molecule has 0 N–H and O–H groups in total. The monoisotopic (exact) mass is 366 g/mol. The summed E-state index contributed by atoms with van der Waals surface area (Å²) in [6, 6.07) is 16.8. The lowest BCUT2D eigenvalue weighted by atomic mass is 10.1. The molecule has 4 nitrogen and oxygen atoms in total. The normalized spacial score (nSPS) is 19.7. The zero-order valence-corrected chi connectivity index (χ0v) is 15.6. The Labute approximate surface area is 150 Å². The quantitative estimate of drug-likeness (QED) is 0.838. The van der Waals surface area contributed by atoms with E-state index in [9.17, 15) is 8.42 Å². The first-order chi connectivity index (χ1) is 11.0. The largest absolute Gasteiger partial charge is 0.303 e. The van der Waals surface area contributed by atoms with Gasteiger partial charge in [-0.25, -0.2) is 8.42 Å². The van der Waals surface area contributed by atoms with Crippen molar-refractivity contribution < 1.29 is 8.42 Å². The zero-order chi connectivity index (χ0) is 16.4. The molecule has 0 spiro atoms. The number of piperazine rings is 1. The van der Waals surface area contributed by atoms with Crippen LogP contribution >= 0.6 is 12.4 Å². The van der Waals surface area contributed by atoms with Crippen molar-refractivity contribution in [1.29, 1.82) is 0 Å². The molecule has 1 unspecified atom stereocenters. The summed E-state index contributed by atoms with van der Waals surface area (Å²) in [5.41, 5.74) is 2.09. The van der Waals surface area contributed by atoms with Crippen LogP contribution in [0.15, 0.2) is 59.5 Å². The second-order valence-electron chi connectivity index (χ2n) is 6.12. The topological polar surface area (TPSA) is 40.6 Å². The first kappa shape index (κ1) is 18.9. The number of benzene rings is 2. The summed E-state index contributed by atoms with van der Waals surface area (Å²) in [6.07, 6.45) is 0. The predicted molar refractivity (Wildman–Crippen MR) is 99.0 cm³/mol. The van der Waals surface area contributed by atoms with E-state index < -0.39 is 10.0 Å². The molecule has 1 aliphatic rings. The zero-order valence-electron chi connectivity index (χ0n) is 13.9. The highest BCUT2D eigenvalue weighted by atomic mass is 35.5. The maximum Gasteiger partial charge on any atom is 0.243 e. The van der Waals surface area contributed by atoms with Gasteiger partial charge in [0.2, 0.25) is 10.0 Å². The Hall–Kier alpha value is -1.40. The van der Waals surface area contributed by atoms with Crippen molar-refractivity contribution in [2.24, 2.45) is 0 Å². The van der Waals surface area contributed by atoms with E-state index in [1.807, 2.05) is 56.4 Å². The molecular formula is C18H23ClN2O2S. The van der Waals surface area contributed by atoms with Crippen LogP contribution in [0.1, 0.15) is 17.2 Å². The lowest BCUT2D eigenvalue weighted by Gasteiger charge is -2.39. The SMILES string of the molecule is Cc1ccc(S(=O)(=O)N2CCN(C)CC2c2ccccc2)cc1.Cl. The smallest absolute Gasteiger partial charge is 0.243 e. The summed E-state index contributed by atoms with van der Waals surface area (Å²) in [5, 5.41) is 0. The van der Waals surface area contributed by atoms with Gasteiger partial charge in [0.25, 0.3) is 0 Å². The molecule has 6 heteroatoms. The van der Waals surface area contributed by atoms with E-state index >= 15 is 0 Å². The molecule has 0 radical (unpaired) electrons. The van der Waals surface area contributed by atoms with E-state index in [0.29, 0.717) is 18.0 Å². The fraction of sp³-hybridized carbons (Fsp3) is 0.333. The lowest BCUT2D eigenvalue weighted by molar-refractivity contribution is 0.160. The third kappa shape index (κ3) is 3.81. The Morgan fingerprint density at radius 3 is 2.21 bits per heavy atom. The first-order valence-corrected chi connectivity index (χ1v) is 9.24. The molecule has 24 heavy (non-hydrogen) atoms. The molecule has 130 valence electrons. The maximum atomic E-state index is 13.1. The van der Waals surface area contributed by atoms with Crippen molar-refractivity contribution in [3.8, 4) is 0 Å². The molecule has 0 bridgehead atoms. The lowest BCUT2D eigenvalue weighted by Crippen LogP contribution is -2.49. The van der Waals surface area contributed by atoms with Gasteiger partial charge in [0.15, 0.2) is 0 Å². The van der Waals surface area contributed by atoms with Crippen LogP contribution in [0, 0.1) is 6.92 Å². The minimum Gasteiger partial charge on any atom is -0.303 e. The molecule has 0 aromatic heterocycles. The number of halogens is 1. The molecule has 0 saturated carbocycles. The number of rotatable bonds is 3. The Morgan fingerprint density at radius 1 is 0.958 bits per heavy atom. The van der Waals surface area contributed by atoms with Crippen LogP contribution in [-0.2, 0) is 10.0 Å². The summed E-state index contributed by atoms with van der Waals surface area (Å²) in [5.74, 6) is 0. The van der Waals surface area contributed by atoms with Crippen LogP contribution in [0.3, 0.4) is 0 Å². The number of hydrogen-bond acceptors (Lipinski definition) is 3. The van der Waals surface area contributed by atoms with Gasteiger partial charge in [-0.05, 0) is 31.7 Å². The Bertz CT molecular complexity index is 763. The molecule has 1 atom stereocenters. The third-order valence-corrected chi connectivity index (χ3v) is 6.27. The fourth-order valence-corrected chi connectivity index (χ4v) is 4.58. The van der Waals surface area contributed by atoms with E-state index in [1.165, 1.54) is 0 Å². The average Bonchev–Trinajstić information content (AvgIpc) is 2.56. The number of aryl methyl sites for hydroxylation is 1. The summed E-state index contributed by atoms with van der Waals surface area (Å²) in [4.78, 5) is 2.55. The van der Waals surface area contributed by atoms with E-state index in [-0.39, 0.29) is 18.4 Å². The summed E-state index contributed by atoms with van der Waals surface area (Å²) in [7, 11) is -1.46. The van der Waals surface area contributed by atoms with Crippen molar-refractivity contribution in [1.82, 2.24) is 9.21 Å². The molecule has 0 aliphatic carbocycles. The molecule has 0 amide bonds. The first-order valence-electron chi connectivity index (χ1n) is 7.80. The molecule has 1 heterocycles. The van der Waals surface area contributed by atoms with E-state index in [0.717, 1.165) is 17.7 Å². The second kappa shape index (κ2) is 7.66. The van der Waals surface area contributed by atoms with Gasteiger partial charge in [-0.3, -0.25) is 0 Å². The average molecular weight is 367 g/mol. The predicted octanol–water partition coefficient (Wildman–Crippen LogP) is 3.09. The van der Waals surface area contributed by atoms with Crippen molar-refractivity contribution in [2.75, 3.05) is 26.7 Å². The Balaban J connectivity index is 0.00000208. The molecular weight excluding hydrogens is 344 g/mol. The van der Waals surface area contributed by atoms with Gasteiger partial charge < -0.3 is 4.90 Å². The van der Waals surface area contributed by atoms with Crippen molar-refractivity contribution >= 4 is 22.4 Å². The van der Waals surface area contributed by atoms with Gasteiger partial charge in [0.1, 0.15) is 0 Å². The van der Waals surface area contributed by atoms with E-state index in [2.05, 4.69) is 4.90 Å². The van der Waals surface area contributed by atoms with Gasteiger partial charge >= 0.3 is 0 Å². The van der Waals surface area contributed by atoms with Crippen molar-refractivity contribution in [3.63, 3.8) is 0 Å². The molecule has 1 aliphatic heterocycles. The minimum atomic E-state index is -3.49. The number of nitrogens with zero attached hydrogens (tertiary/aromatic N) is 2. The third-order valence-electron chi connectivity index (χ3n) is 4.35. The molecule has 3 rings (SSSR count). The van der Waals surface area contributed by atoms with E-state index in [1.54, 1.807) is 16.4 Å². The molecule has 2 aromatic carbocycles. The molecule has 2 aromatic rings. The summed E-state index contributed by atoms with van der Waals surface area (Å²) in [6.45, 7) is 3.91. The Kier molecular flexibility index (Phi) is 6.04.